The van der Waals surface area contributed by atoms with Gasteiger partial charge in [0.1, 0.15) is 5.75 Å². The number of hydrogen-bond acceptors (Lipinski definition) is 3. The van der Waals surface area contributed by atoms with Crippen LogP contribution >= 0.6 is 0 Å². The first-order valence-electron chi connectivity index (χ1n) is 11.9. The zero-order valence-corrected chi connectivity index (χ0v) is 18.6. The van der Waals surface area contributed by atoms with E-state index in [1.165, 1.54) is 55.2 Å². The molecule has 3 nitrogen and oxygen atoms in total. The second kappa shape index (κ2) is 7.36. The van der Waals surface area contributed by atoms with Crippen molar-refractivity contribution in [2.24, 2.45) is 17.8 Å². The molecule has 4 aliphatic carbocycles. The number of benzene rings is 3. The van der Waals surface area contributed by atoms with Crippen molar-refractivity contribution in [1.82, 2.24) is 0 Å². The lowest BCUT2D eigenvalue weighted by molar-refractivity contribution is -0.00613. The number of nitrogens with zero attached hydrogens (tertiary/aromatic N) is 1. The lowest BCUT2D eigenvalue weighted by Gasteiger charge is -2.57. The minimum absolute atomic E-state index is 0.287. The summed E-state index contributed by atoms with van der Waals surface area (Å²) >= 11 is 0. The first kappa shape index (κ1) is 19.8. The number of aliphatic hydroxyl groups excluding tert-OH is 1. The Balaban J connectivity index is 1.41. The van der Waals surface area contributed by atoms with E-state index in [-0.39, 0.29) is 5.41 Å². The van der Waals surface area contributed by atoms with E-state index in [9.17, 15) is 5.11 Å². The van der Waals surface area contributed by atoms with Crippen LogP contribution in [0.15, 0.2) is 54.6 Å². The maximum atomic E-state index is 9.84. The van der Waals surface area contributed by atoms with Crippen molar-refractivity contribution in [2.45, 2.75) is 50.0 Å². The van der Waals surface area contributed by atoms with Gasteiger partial charge in [-0.3, -0.25) is 0 Å². The minimum atomic E-state index is -1.08. The highest BCUT2D eigenvalue weighted by atomic mass is 16.5. The first-order chi connectivity index (χ1) is 15.6. The fourth-order valence-corrected chi connectivity index (χ4v) is 7.43. The molecule has 32 heavy (non-hydrogen) atoms. The topological polar surface area (TPSA) is 53.2 Å². The molecule has 1 unspecified atom stereocenters. The normalized spacial score (nSPS) is 29.1. The maximum Gasteiger partial charge on any atom is 0.165 e. The van der Waals surface area contributed by atoms with E-state index in [4.69, 9.17) is 10.00 Å². The van der Waals surface area contributed by atoms with Gasteiger partial charge in [0.05, 0.1) is 13.2 Å². The van der Waals surface area contributed by atoms with Crippen LogP contribution in [0.1, 0.15) is 55.8 Å². The molecule has 4 fully saturated rings. The summed E-state index contributed by atoms with van der Waals surface area (Å²) in [6, 6.07) is 20.8. The molecule has 3 heteroatoms. The van der Waals surface area contributed by atoms with Crippen molar-refractivity contribution < 1.29 is 9.84 Å². The van der Waals surface area contributed by atoms with Crippen LogP contribution in [0.2, 0.25) is 0 Å². The standard InChI is InChI=1S/C29H29NO2/c1-32-28-7-6-24(13-26(28)29-14-18-8-19(15-29)10-20(9-18)16-29)22-2-3-23-12-25(27(31)17-30)5-4-21(23)11-22/h2-7,11-13,18-20,27,31H,8-10,14-16H2,1H3. The highest BCUT2D eigenvalue weighted by Crippen LogP contribution is 2.62. The minimum Gasteiger partial charge on any atom is -0.496 e. The second-order valence-corrected chi connectivity index (χ2v) is 10.5. The predicted molar refractivity (Wildman–Crippen MR) is 126 cm³/mol. The molecule has 162 valence electrons. The van der Waals surface area contributed by atoms with Crippen LogP contribution < -0.4 is 4.74 Å². The number of methoxy groups -OCH3 is 1. The number of nitriles is 1. The second-order valence-electron chi connectivity index (χ2n) is 10.5. The van der Waals surface area contributed by atoms with Crippen LogP contribution in [0.25, 0.3) is 21.9 Å². The Morgan fingerprint density at radius 1 is 0.875 bits per heavy atom. The molecule has 3 aromatic rings. The fourth-order valence-electron chi connectivity index (χ4n) is 7.43. The van der Waals surface area contributed by atoms with Crippen LogP contribution in [0.3, 0.4) is 0 Å². The molecule has 0 aliphatic heterocycles. The monoisotopic (exact) mass is 423 g/mol. The van der Waals surface area contributed by atoms with Crippen LogP contribution in [0, 0.1) is 29.1 Å². The molecule has 3 aromatic carbocycles. The van der Waals surface area contributed by atoms with Gasteiger partial charge in [0.25, 0.3) is 0 Å². The molecule has 1 N–H and O–H groups in total. The third-order valence-corrected chi connectivity index (χ3v) is 8.44. The highest BCUT2D eigenvalue weighted by Gasteiger charge is 2.52. The first-order valence-corrected chi connectivity index (χ1v) is 11.9. The quantitative estimate of drug-likeness (QED) is 0.485. The molecular weight excluding hydrogens is 394 g/mol. The molecule has 1 atom stereocenters. The summed E-state index contributed by atoms with van der Waals surface area (Å²) in [5.41, 5.74) is 4.78. The zero-order chi connectivity index (χ0) is 21.9. The summed E-state index contributed by atoms with van der Waals surface area (Å²) in [4.78, 5) is 0. The van der Waals surface area contributed by atoms with Gasteiger partial charge in [-0.1, -0.05) is 30.3 Å². The third kappa shape index (κ3) is 3.12. The molecule has 0 saturated heterocycles. The summed E-state index contributed by atoms with van der Waals surface area (Å²) in [6.07, 6.45) is 7.20. The van der Waals surface area contributed by atoms with E-state index in [2.05, 4.69) is 36.4 Å². The molecule has 0 aromatic heterocycles. The number of hydrogen-bond donors (Lipinski definition) is 1. The zero-order valence-electron chi connectivity index (χ0n) is 18.6. The van der Waals surface area contributed by atoms with Gasteiger partial charge in [0.15, 0.2) is 6.10 Å². The average Bonchev–Trinajstić information content (AvgIpc) is 2.81. The van der Waals surface area contributed by atoms with Gasteiger partial charge in [0, 0.05) is 5.56 Å². The van der Waals surface area contributed by atoms with Crippen molar-refractivity contribution in [3.63, 3.8) is 0 Å². The molecule has 4 saturated carbocycles. The molecule has 0 heterocycles. The SMILES string of the molecule is COc1ccc(-c2ccc3cc(C(O)C#N)ccc3c2)cc1C12CC3CC(CC(C3)C1)C2. The van der Waals surface area contributed by atoms with E-state index in [0.29, 0.717) is 5.56 Å². The molecule has 7 rings (SSSR count). The summed E-state index contributed by atoms with van der Waals surface area (Å²) < 4.78 is 5.89. The highest BCUT2D eigenvalue weighted by molar-refractivity contribution is 5.88. The number of rotatable bonds is 4. The van der Waals surface area contributed by atoms with E-state index in [1.54, 1.807) is 0 Å². The Morgan fingerprint density at radius 3 is 2.12 bits per heavy atom. The van der Waals surface area contributed by atoms with Crippen molar-refractivity contribution in [3.8, 4) is 22.9 Å². The van der Waals surface area contributed by atoms with Gasteiger partial charge in [-0.2, -0.15) is 5.26 Å². The van der Waals surface area contributed by atoms with Gasteiger partial charge in [0.2, 0.25) is 0 Å². The van der Waals surface area contributed by atoms with Crippen molar-refractivity contribution in [3.05, 3.63) is 65.7 Å². The number of fused-ring (bicyclic) bond motifs is 1. The van der Waals surface area contributed by atoms with E-state index < -0.39 is 6.10 Å². The van der Waals surface area contributed by atoms with Gasteiger partial charge in [-0.05, 0) is 113 Å². The summed E-state index contributed by atoms with van der Waals surface area (Å²) in [5, 5.41) is 21.0. The molecule has 4 aliphatic rings. The largest absolute Gasteiger partial charge is 0.496 e. The van der Waals surface area contributed by atoms with E-state index >= 15 is 0 Å². The van der Waals surface area contributed by atoms with Crippen molar-refractivity contribution >= 4 is 10.8 Å². The van der Waals surface area contributed by atoms with Crippen molar-refractivity contribution in [2.75, 3.05) is 7.11 Å². The van der Waals surface area contributed by atoms with Crippen LogP contribution in [-0.2, 0) is 5.41 Å². The van der Waals surface area contributed by atoms with Gasteiger partial charge < -0.3 is 9.84 Å². The van der Waals surface area contributed by atoms with Crippen LogP contribution in [0.5, 0.6) is 5.75 Å². The summed E-state index contributed by atoms with van der Waals surface area (Å²) in [5.74, 6) is 3.74. The molecule has 0 radical (unpaired) electrons. The maximum absolute atomic E-state index is 9.84. The lowest BCUT2D eigenvalue weighted by atomic mass is 9.48. The Kier molecular flexibility index (Phi) is 4.56. The predicted octanol–water partition coefficient (Wildman–Crippen LogP) is 6.54. The Morgan fingerprint density at radius 2 is 1.47 bits per heavy atom. The molecule has 0 spiro atoms. The molecular formula is C29H29NO2. The Hall–Kier alpha value is -2.83. The lowest BCUT2D eigenvalue weighted by Crippen LogP contribution is -2.48. The van der Waals surface area contributed by atoms with Crippen LogP contribution in [-0.4, -0.2) is 12.2 Å². The smallest absolute Gasteiger partial charge is 0.165 e. The summed E-state index contributed by atoms with van der Waals surface area (Å²) in [7, 11) is 1.81. The average molecular weight is 424 g/mol. The third-order valence-electron chi connectivity index (χ3n) is 8.44. The van der Waals surface area contributed by atoms with Gasteiger partial charge in [-0.15, -0.1) is 0 Å². The Bertz CT molecular complexity index is 1200. The Labute approximate surface area is 189 Å². The van der Waals surface area contributed by atoms with E-state index in [0.717, 1.165) is 34.3 Å². The van der Waals surface area contributed by atoms with Crippen LogP contribution in [0.4, 0.5) is 0 Å². The van der Waals surface area contributed by atoms with E-state index in [1.807, 2.05) is 31.4 Å². The summed E-state index contributed by atoms with van der Waals surface area (Å²) in [6.45, 7) is 0. The number of aliphatic hydroxyl groups is 1. The molecule has 4 bridgehead atoms. The van der Waals surface area contributed by atoms with Gasteiger partial charge in [-0.25, -0.2) is 0 Å². The fraction of sp³-hybridized carbons (Fsp3) is 0.414. The van der Waals surface area contributed by atoms with Gasteiger partial charge >= 0.3 is 0 Å². The molecule has 0 amide bonds. The van der Waals surface area contributed by atoms with Crippen molar-refractivity contribution in [1.29, 1.82) is 5.26 Å². The number of ether oxygens (including phenoxy) is 1.